The summed E-state index contributed by atoms with van der Waals surface area (Å²) >= 11 is 0. The van der Waals surface area contributed by atoms with Crippen LogP contribution in [0, 0.1) is 0 Å². The second kappa shape index (κ2) is 12.5. The number of phenols is 1. The average Bonchev–Trinajstić information content (AvgIpc) is 2.92. The van der Waals surface area contributed by atoms with Gasteiger partial charge < -0.3 is 16.2 Å². The molecule has 5 heteroatoms. The van der Waals surface area contributed by atoms with Crippen molar-refractivity contribution in [2.75, 3.05) is 5.32 Å². The van der Waals surface area contributed by atoms with E-state index in [1.807, 2.05) is 97.1 Å². The van der Waals surface area contributed by atoms with Gasteiger partial charge in [0, 0.05) is 17.7 Å². The molecule has 0 saturated heterocycles. The van der Waals surface area contributed by atoms with Crippen LogP contribution in [0.2, 0.25) is 0 Å². The Morgan fingerprint density at radius 1 is 0.703 bits per heavy atom. The summed E-state index contributed by atoms with van der Waals surface area (Å²) in [6.45, 7) is 0. The van der Waals surface area contributed by atoms with Crippen LogP contribution in [0.1, 0.15) is 43.6 Å². The topological polar surface area (TPSA) is 92.4 Å². The largest absolute Gasteiger partial charge is 0.508 e. The maximum absolute atomic E-state index is 12.5. The first-order valence-electron chi connectivity index (χ1n) is 12.6. The summed E-state index contributed by atoms with van der Waals surface area (Å²) in [5, 5.41) is 13.4. The van der Waals surface area contributed by atoms with Gasteiger partial charge in [0.15, 0.2) is 0 Å². The van der Waals surface area contributed by atoms with Crippen molar-refractivity contribution < 1.29 is 14.7 Å². The summed E-state index contributed by atoms with van der Waals surface area (Å²) < 4.78 is 0. The van der Waals surface area contributed by atoms with Gasteiger partial charge in [-0.1, -0.05) is 91.7 Å². The quantitative estimate of drug-likeness (QED) is 0.199. The van der Waals surface area contributed by atoms with Gasteiger partial charge in [-0.2, -0.15) is 0 Å². The molecule has 5 nitrogen and oxygen atoms in total. The Balaban J connectivity index is 1.28. The van der Waals surface area contributed by atoms with Gasteiger partial charge in [0.05, 0.1) is 5.92 Å². The first kappa shape index (κ1) is 25.7. The highest BCUT2D eigenvalue weighted by molar-refractivity contribution is 5.91. The monoisotopic (exact) mass is 492 g/mol. The molecule has 0 radical (unpaired) electrons. The normalized spacial score (nSPS) is 11.6. The highest BCUT2D eigenvalue weighted by Gasteiger charge is 2.21. The number of amides is 2. The minimum absolute atomic E-state index is 0.0372. The first-order valence-corrected chi connectivity index (χ1v) is 12.6. The van der Waals surface area contributed by atoms with Gasteiger partial charge in [0.1, 0.15) is 5.75 Å². The molecule has 0 aliphatic heterocycles. The van der Waals surface area contributed by atoms with Crippen molar-refractivity contribution in [1.82, 2.24) is 0 Å². The lowest BCUT2D eigenvalue weighted by molar-refractivity contribution is -0.120. The third-order valence-electron chi connectivity index (χ3n) is 6.50. The van der Waals surface area contributed by atoms with Crippen molar-refractivity contribution in [3.8, 4) is 28.0 Å². The van der Waals surface area contributed by atoms with Gasteiger partial charge in [0.25, 0.3) is 0 Å². The van der Waals surface area contributed by atoms with E-state index in [1.54, 1.807) is 6.07 Å². The molecule has 4 rings (SSSR count). The molecule has 0 aromatic heterocycles. The Morgan fingerprint density at radius 3 is 1.97 bits per heavy atom. The molecule has 1 atom stereocenters. The van der Waals surface area contributed by atoms with Crippen LogP contribution >= 0.6 is 0 Å². The Morgan fingerprint density at radius 2 is 1.32 bits per heavy atom. The van der Waals surface area contributed by atoms with Crippen LogP contribution in [0.3, 0.4) is 0 Å². The van der Waals surface area contributed by atoms with Crippen LogP contribution in [0.25, 0.3) is 22.3 Å². The van der Waals surface area contributed by atoms with E-state index >= 15 is 0 Å². The second-order valence-electron chi connectivity index (χ2n) is 9.19. The number of phenolic OH excluding ortho intramolecular Hbond substituents is 1. The number of benzene rings is 4. The zero-order valence-corrected chi connectivity index (χ0v) is 20.8. The van der Waals surface area contributed by atoms with Crippen LogP contribution in [-0.2, 0) is 9.59 Å². The number of rotatable bonds is 11. The summed E-state index contributed by atoms with van der Waals surface area (Å²) in [7, 11) is 0. The standard InChI is InChI=1S/C32H32N2O3/c33-32(37)28(29-22-26(19-20-30(29)35)24-13-6-2-7-14-24)17-8-3-9-18-31(36)34-27-16-10-15-25(21-27)23-11-4-1-5-12-23/h1-2,4-7,10-16,19-22,28,35H,3,8-9,17-18H2,(H2,33,37)(H,34,36). The number of nitrogens with two attached hydrogens (primary N) is 1. The average molecular weight is 493 g/mol. The van der Waals surface area contributed by atoms with Gasteiger partial charge in [-0.15, -0.1) is 0 Å². The fourth-order valence-corrected chi connectivity index (χ4v) is 4.54. The number of aromatic hydroxyl groups is 1. The third-order valence-corrected chi connectivity index (χ3v) is 6.50. The number of unbranched alkanes of at least 4 members (excludes halogenated alkanes) is 2. The third kappa shape index (κ3) is 7.07. The minimum atomic E-state index is -0.585. The Hall–Kier alpha value is -4.38. The maximum Gasteiger partial charge on any atom is 0.225 e. The Labute approximate surface area is 218 Å². The zero-order valence-electron chi connectivity index (χ0n) is 20.8. The molecule has 4 aromatic rings. The predicted octanol–water partition coefficient (Wildman–Crippen LogP) is 6.88. The highest BCUT2D eigenvalue weighted by Crippen LogP contribution is 2.34. The summed E-state index contributed by atoms with van der Waals surface area (Å²) in [5.74, 6) is -1.01. The zero-order chi connectivity index (χ0) is 26.0. The van der Waals surface area contributed by atoms with Crippen molar-refractivity contribution in [3.05, 3.63) is 109 Å². The van der Waals surface area contributed by atoms with Gasteiger partial charge >= 0.3 is 0 Å². The molecule has 2 amide bonds. The van der Waals surface area contributed by atoms with Crippen molar-refractivity contribution >= 4 is 17.5 Å². The lowest BCUT2D eigenvalue weighted by Gasteiger charge is -2.17. The molecular weight excluding hydrogens is 460 g/mol. The fourth-order valence-electron chi connectivity index (χ4n) is 4.54. The minimum Gasteiger partial charge on any atom is -0.508 e. The molecule has 37 heavy (non-hydrogen) atoms. The molecular formula is C32H32N2O3. The summed E-state index contributed by atoms with van der Waals surface area (Å²) in [6.07, 6.45) is 3.11. The van der Waals surface area contributed by atoms with Gasteiger partial charge in [-0.25, -0.2) is 0 Å². The number of primary amides is 1. The maximum atomic E-state index is 12.5. The van der Waals surface area contributed by atoms with E-state index in [1.165, 1.54) is 0 Å². The van der Waals surface area contributed by atoms with E-state index in [2.05, 4.69) is 5.32 Å². The van der Waals surface area contributed by atoms with Crippen molar-refractivity contribution in [1.29, 1.82) is 0 Å². The number of carbonyl (C=O) groups excluding carboxylic acids is 2. The molecule has 4 aromatic carbocycles. The summed E-state index contributed by atoms with van der Waals surface area (Å²) in [4.78, 5) is 24.7. The number of nitrogens with one attached hydrogen (secondary N) is 1. The highest BCUT2D eigenvalue weighted by atomic mass is 16.3. The Kier molecular flexibility index (Phi) is 8.71. The van der Waals surface area contributed by atoms with Gasteiger partial charge in [-0.3, -0.25) is 9.59 Å². The molecule has 0 heterocycles. The van der Waals surface area contributed by atoms with E-state index in [0.29, 0.717) is 24.8 Å². The lowest BCUT2D eigenvalue weighted by Crippen LogP contribution is -2.21. The summed E-state index contributed by atoms with van der Waals surface area (Å²) in [5.41, 5.74) is 11.1. The summed E-state index contributed by atoms with van der Waals surface area (Å²) in [6, 6.07) is 33.0. The van der Waals surface area contributed by atoms with Crippen LogP contribution in [-0.4, -0.2) is 16.9 Å². The van der Waals surface area contributed by atoms with Crippen molar-refractivity contribution in [2.24, 2.45) is 5.73 Å². The number of hydrogen-bond acceptors (Lipinski definition) is 3. The fraction of sp³-hybridized carbons (Fsp3) is 0.188. The first-order chi connectivity index (χ1) is 18.0. The van der Waals surface area contributed by atoms with Crippen LogP contribution in [0.5, 0.6) is 5.75 Å². The molecule has 0 saturated carbocycles. The Bertz CT molecular complexity index is 1340. The van der Waals surface area contributed by atoms with Gasteiger partial charge in [-0.05, 0) is 59.4 Å². The van der Waals surface area contributed by atoms with E-state index in [4.69, 9.17) is 5.73 Å². The van der Waals surface area contributed by atoms with Crippen molar-refractivity contribution in [3.63, 3.8) is 0 Å². The number of anilines is 1. The molecule has 0 spiro atoms. The smallest absolute Gasteiger partial charge is 0.225 e. The second-order valence-corrected chi connectivity index (χ2v) is 9.19. The van der Waals surface area contributed by atoms with E-state index in [-0.39, 0.29) is 11.7 Å². The molecule has 0 fully saturated rings. The van der Waals surface area contributed by atoms with Crippen LogP contribution in [0.15, 0.2) is 103 Å². The predicted molar refractivity (Wildman–Crippen MR) is 149 cm³/mol. The number of hydrogen-bond donors (Lipinski definition) is 3. The molecule has 4 N–H and O–H groups in total. The molecule has 0 aliphatic carbocycles. The SMILES string of the molecule is NC(=O)C(CCCCCC(=O)Nc1cccc(-c2ccccc2)c1)c1cc(-c2ccccc2)ccc1O. The molecule has 1 unspecified atom stereocenters. The van der Waals surface area contributed by atoms with Crippen molar-refractivity contribution in [2.45, 2.75) is 38.0 Å². The van der Waals surface area contributed by atoms with E-state index < -0.39 is 11.8 Å². The molecule has 0 aliphatic rings. The van der Waals surface area contributed by atoms with Crippen LogP contribution < -0.4 is 11.1 Å². The van der Waals surface area contributed by atoms with Crippen LogP contribution in [0.4, 0.5) is 5.69 Å². The molecule has 188 valence electrons. The van der Waals surface area contributed by atoms with Gasteiger partial charge in [0.2, 0.25) is 11.8 Å². The molecule has 0 bridgehead atoms. The lowest BCUT2D eigenvalue weighted by atomic mass is 9.89. The van der Waals surface area contributed by atoms with E-state index in [9.17, 15) is 14.7 Å². The van der Waals surface area contributed by atoms with E-state index in [0.717, 1.165) is 40.8 Å². The number of carbonyl (C=O) groups is 2.